The summed E-state index contributed by atoms with van der Waals surface area (Å²) in [5.74, 6) is -1.39. The molecule has 108 valence electrons. The molecule has 2 N–H and O–H groups in total. The van der Waals surface area contributed by atoms with Crippen LogP contribution in [0.25, 0.3) is 0 Å². The summed E-state index contributed by atoms with van der Waals surface area (Å²) in [6.07, 6.45) is 2.00. The Balaban J connectivity index is 2.42. The summed E-state index contributed by atoms with van der Waals surface area (Å²) in [4.78, 5) is 23.5. The van der Waals surface area contributed by atoms with Gasteiger partial charge in [-0.3, -0.25) is 4.79 Å². The lowest BCUT2D eigenvalue weighted by molar-refractivity contribution is -0.137. The van der Waals surface area contributed by atoms with Gasteiger partial charge in [0, 0.05) is 13.1 Å². The lowest BCUT2D eigenvalue weighted by atomic mass is 10.1. The molecule has 0 bridgehead atoms. The van der Waals surface area contributed by atoms with E-state index < -0.39 is 12.0 Å². The fraction of sp³-hybridized carbons (Fsp3) is 0.286. The van der Waals surface area contributed by atoms with Crippen molar-refractivity contribution < 1.29 is 19.1 Å². The highest BCUT2D eigenvalue weighted by molar-refractivity contribution is 5.80. The first-order valence-electron chi connectivity index (χ1n) is 6.13. The summed E-state index contributed by atoms with van der Waals surface area (Å²) in [7, 11) is 0. The molecular formula is C14H17FN2O3. The number of hydrogen-bond acceptors (Lipinski definition) is 2. The van der Waals surface area contributed by atoms with Crippen molar-refractivity contribution in [2.24, 2.45) is 0 Å². The molecule has 0 saturated heterocycles. The van der Waals surface area contributed by atoms with Crippen LogP contribution < -0.4 is 5.32 Å². The van der Waals surface area contributed by atoms with E-state index in [1.807, 2.05) is 0 Å². The number of carbonyl (C=O) groups excluding carboxylic acids is 1. The summed E-state index contributed by atoms with van der Waals surface area (Å²) in [6.45, 7) is 3.60. The molecule has 1 rings (SSSR count). The van der Waals surface area contributed by atoms with Crippen molar-refractivity contribution in [1.82, 2.24) is 10.2 Å². The first-order chi connectivity index (χ1) is 9.52. The Morgan fingerprint density at radius 2 is 2.00 bits per heavy atom. The molecule has 1 aromatic carbocycles. The van der Waals surface area contributed by atoms with Crippen LogP contribution in [0.1, 0.15) is 5.56 Å². The number of nitrogens with one attached hydrogen (secondary N) is 1. The van der Waals surface area contributed by atoms with Crippen LogP contribution >= 0.6 is 0 Å². The number of aliphatic carboxylic acids is 1. The Morgan fingerprint density at radius 1 is 1.35 bits per heavy atom. The van der Waals surface area contributed by atoms with E-state index in [1.54, 1.807) is 12.1 Å². The number of carboxylic acids is 1. The van der Waals surface area contributed by atoms with Crippen molar-refractivity contribution in [3.05, 3.63) is 48.3 Å². The van der Waals surface area contributed by atoms with Gasteiger partial charge in [-0.05, 0) is 24.1 Å². The fourth-order valence-corrected chi connectivity index (χ4v) is 1.62. The number of amides is 2. The third kappa shape index (κ3) is 5.51. The first-order valence-corrected chi connectivity index (χ1v) is 6.13. The maximum Gasteiger partial charge on any atom is 0.323 e. The van der Waals surface area contributed by atoms with E-state index >= 15 is 0 Å². The van der Waals surface area contributed by atoms with Gasteiger partial charge in [-0.25, -0.2) is 9.18 Å². The third-order valence-corrected chi connectivity index (χ3v) is 2.57. The molecule has 0 atom stereocenters. The van der Waals surface area contributed by atoms with E-state index in [4.69, 9.17) is 5.11 Å². The van der Waals surface area contributed by atoms with E-state index in [0.29, 0.717) is 13.0 Å². The molecule has 20 heavy (non-hydrogen) atoms. The minimum Gasteiger partial charge on any atom is -0.480 e. The summed E-state index contributed by atoms with van der Waals surface area (Å²) in [5, 5.41) is 11.3. The highest BCUT2D eigenvalue weighted by Crippen LogP contribution is 2.02. The largest absolute Gasteiger partial charge is 0.480 e. The minimum absolute atomic E-state index is 0.161. The molecule has 0 radical (unpaired) electrons. The van der Waals surface area contributed by atoms with Gasteiger partial charge >= 0.3 is 12.0 Å². The average molecular weight is 280 g/mol. The Morgan fingerprint density at radius 3 is 2.55 bits per heavy atom. The molecule has 0 aromatic heterocycles. The quantitative estimate of drug-likeness (QED) is 0.746. The fourth-order valence-electron chi connectivity index (χ4n) is 1.62. The number of urea groups is 1. The van der Waals surface area contributed by atoms with Gasteiger partial charge in [-0.15, -0.1) is 6.58 Å². The van der Waals surface area contributed by atoms with E-state index in [-0.39, 0.29) is 18.9 Å². The summed E-state index contributed by atoms with van der Waals surface area (Å²) < 4.78 is 12.7. The van der Waals surface area contributed by atoms with Crippen LogP contribution in [-0.2, 0) is 11.2 Å². The molecule has 2 amide bonds. The summed E-state index contributed by atoms with van der Waals surface area (Å²) in [5.41, 5.74) is 0.889. The second-order valence-electron chi connectivity index (χ2n) is 4.17. The predicted molar refractivity (Wildman–Crippen MR) is 72.9 cm³/mol. The second kappa shape index (κ2) is 7.93. The molecule has 0 aliphatic heterocycles. The van der Waals surface area contributed by atoms with E-state index in [1.165, 1.54) is 18.2 Å². The third-order valence-electron chi connectivity index (χ3n) is 2.57. The van der Waals surface area contributed by atoms with Crippen LogP contribution in [0, 0.1) is 5.82 Å². The predicted octanol–water partition coefficient (Wildman–Crippen LogP) is 1.65. The van der Waals surface area contributed by atoms with Gasteiger partial charge in [0.15, 0.2) is 0 Å². The zero-order chi connectivity index (χ0) is 15.0. The Hall–Kier alpha value is -2.37. The lowest BCUT2D eigenvalue weighted by Gasteiger charge is -2.19. The zero-order valence-electron chi connectivity index (χ0n) is 11.0. The second-order valence-corrected chi connectivity index (χ2v) is 4.17. The Kier molecular flexibility index (Phi) is 6.22. The van der Waals surface area contributed by atoms with Crippen LogP contribution in [0.15, 0.2) is 36.9 Å². The number of rotatable bonds is 7. The van der Waals surface area contributed by atoms with Crippen LogP contribution in [0.4, 0.5) is 9.18 Å². The topological polar surface area (TPSA) is 69.6 Å². The van der Waals surface area contributed by atoms with Crippen molar-refractivity contribution in [2.45, 2.75) is 6.42 Å². The van der Waals surface area contributed by atoms with Crippen LogP contribution in [0.3, 0.4) is 0 Å². The van der Waals surface area contributed by atoms with E-state index in [2.05, 4.69) is 11.9 Å². The molecular weight excluding hydrogens is 263 g/mol. The normalized spacial score (nSPS) is 9.85. The maximum absolute atomic E-state index is 12.7. The average Bonchev–Trinajstić information content (AvgIpc) is 2.40. The van der Waals surface area contributed by atoms with Gasteiger partial charge in [0.1, 0.15) is 12.4 Å². The van der Waals surface area contributed by atoms with Crippen molar-refractivity contribution in [1.29, 1.82) is 0 Å². The monoisotopic (exact) mass is 280 g/mol. The maximum atomic E-state index is 12.7. The Bertz CT molecular complexity index is 474. The SMILES string of the molecule is C=CCN(CC(=O)O)C(=O)NCCc1ccc(F)cc1. The van der Waals surface area contributed by atoms with Crippen LogP contribution in [0.5, 0.6) is 0 Å². The lowest BCUT2D eigenvalue weighted by Crippen LogP contribution is -2.43. The number of carboxylic acid groups (broad SMARTS) is 1. The van der Waals surface area contributed by atoms with Gasteiger partial charge in [0.05, 0.1) is 0 Å². The van der Waals surface area contributed by atoms with Crippen molar-refractivity contribution in [3.8, 4) is 0 Å². The molecule has 0 saturated carbocycles. The number of benzene rings is 1. The summed E-state index contributed by atoms with van der Waals surface area (Å²) in [6, 6.07) is 5.52. The molecule has 0 fully saturated rings. The van der Waals surface area contributed by atoms with Crippen LogP contribution in [-0.4, -0.2) is 41.6 Å². The van der Waals surface area contributed by atoms with Crippen molar-refractivity contribution in [2.75, 3.05) is 19.6 Å². The number of nitrogens with zero attached hydrogens (tertiary/aromatic N) is 1. The van der Waals surface area contributed by atoms with Gasteiger partial charge in [-0.2, -0.15) is 0 Å². The van der Waals surface area contributed by atoms with Crippen molar-refractivity contribution in [3.63, 3.8) is 0 Å². The number of hydrogen-bond donors (Lipinski definition) is 2. The molecule has 1 aromatic rings. The highest BCUT2D eigenvalue weighted by Gasteiger charge is 2.14. The molecule has 0 spiro atoms. The molecule has 6 heteroatoms. The molecule has 0 aliphatic rings. The molecule has 0 aliphatic carbocycles. The van der Waals surface area contributed by atoms with Gasteiger partial charge in [0.25, 0.3) is 0 Å². The molecule has 0 unspecified atom stereocenters. The highest BCUT2D eigenvalue weighted by atomic mass is 19.1. The number of halogens is 1. The van der Waals surface area contributed by atoms with Crippen LogP contribution in [0.2, 0.25) is 0 Å². The smallest absolute Gasteiger partial charge is 0.323 e. The first kappa shape index (κ1) is 15.7. The molecule has 0 heterocycles. The molecule has 5 nitrogen and oxygen atoms in total. The van der Waals surface area contributed by atoms with Gasteiger partial charge < -0.3 is 15.3 Å². The van der Waals surface area contributed by atoms with E-state index in [9.17, 15) is 14.0 Å². The van der Waals surface area contributed by atoms with Gasteiger partial charge in [0.2, 0.25) is 0 Å². The standard InChI is InChI=1S/C14H17FN2O3/c1-2-9-17(10-13(18)19)14(20)16-8-7-11-3-5-12(15)6-4-11/h2-6H,1,7-10H2,(H,16,20)(H,18,19). The summed E-state index contributed by atoms with van der Waals surface area (Å²) >= 11 is 0. The number of carbonyl (C=O) groups is 2. The van der Waals surface area contributed by atoms with Gasteiger partial charge in [-0.1, -0.05) is 18.2 Å². The zero-order valence-corrected chi connectivity index (χ0v) is 11.0. The Labute approximate surface area is 116 Å². The van der Waals surface area contributed by atoms with Crippen molar-refractivity contribution >= 4 is 12.0 Å². The van der Waals surface area contributed by atoms with E-state index in [0.717, 1.165) is 10.5 Å². The minimum atomic E-state index is -1.08.